The fourth-order valence-corrected chi connectivity index (χ4v) is 3.04. The highest BCUT2D eigenvalue weighted by molar-refractivity contribution is 6.30. The Balaban J connectivity index is 1.43. The van der Waals surface area contributed by atoms with Gasteiger partial charge in [0, 0.05) is 22.7 Å². The average molecular weight is 388 g/mol. The zero-order valence-electron chi connectivity index (χ0n) is 15.0. The topological polar surface area (TPSA) is 57.8 Å². The van der Waals surface area contributed by atoms with E-state index in [0.717, 1.165) is 28.1 Å². The minimum absolute atomic E-state index is 0.115. The molecule has 4 aromatic rings. The molecule has 0 unspecified atom stereocenters. The molecular formula is C23H18ClN3O. The lowest BCUT2D eigenvalue weighted by Gasteiger charge is -2.06. The van der Waals surface area contributed by atoms with Crippen LogP contribution in [0.15, 0.2) is 84.9 Å². The Bertz CT molecular complexity index is 1070. The lowest BCUT2D eigenvalue weighted by atomic mass is 10.1. The first-order valence-corrected chi connectivity index (χ1v) is 9.31. The number of carbonyl (C=O) groups excluding carboxylic acids is 1. The lowest BCUT2D eigenvalue weighted by molar-refractivity contribution is 0.0951. The first-order chi connectivity index (χ1) is 13.7. The molecule has 3 aromatic carbocycles. The normalized spacial score (nSPS) is 10.6. The maximum atomic E-state index is 12.4. The highest BCUT2D eigenvalue weighted by atomic mass is 35.5. The molecular weight excluding hydrogens is 370 g/mol. The van der Waals surface area contributed by atoms with Crippen molar-refractivity contribution in [3.63, 3.8) is 0 Å². The van der Waals surface area contributed by atoms with Crippen molar-refractivity contribution in [3.05, 3.63) is 101 Å². The summed E-state index contributed by atoms with van der Waals surface area (Å²) in [7, 11) is 0. The number of carbonyl (C=O) groups is 1. The molecule has 4 nitrogen and oxygen atoms in total. The molecule has 5 heteroatoms. The van der Waals surface area contributed by atoms with Gasteiger partial charge in [-0.15, -0.1) is 0 Å². The van der Waals surface area contributed by atoms with Gasteiger partial charge in [0.25, 0.3) is 5.91 Å². The summed E-state index contributed by atoms with van der Waals surface area (Å²) >= 11 is 5.88. The molecule has 1 heterocycles. The van der Waals surface area contributed by atoms with Gasteiger partial charge in [0.05, 0.1) is 11.4 Å². The van der Waals surface area contributed by atoms with Crippen LogP contribution in [-0.4, -0.2) is 16.1 Å². The smallest absolute Gasteiger partial charge is 0.251 e. The average Bonchev–Trinajstić information content (AvgIpc) is 3.24. The van der Waals surface area contributed by atoms with Gasteiger partial charge < -0.3 is 5.32 Å². The predicted octanol–water partition coefficient (Wildman–Crippen LogP) is 5.33. The Kier molecular flexibility index (Phi) is 5.22. The van der Waals surface area contributed by atoms with E-state index in [1.54, 1.807) is 0 Å². The molecule has 0 aliphatic heterocycles. The van der Waals surface area contributed by atoms with E-state index in [9.17, 15) is 4.79 Å². The monoisotopic (exact) mass is 387 g/mol. The van der Waals surface area contributed by atoms with E-state index >= 15 is 0 Å². The molecule has 1 amide bonds. The van der Waals surface area contributed by atoms with E-state index in [0.29, 0.717) is 17.1 Å². The lowest BCUT2D eigenvalue weighted by Crippen LogP contribution is -2.22. The van der Waals surface area contributed by atoms with Crippen molar-refractivity contribution >= 4 is 17.5 Å². The molecule has 0 saturated carbocycles. The predicted molar refractivity (Wildman–Crippen MR) is 112 cm³/mol. The van der Waals surface area contributed by atoms with Crippen LogP contribution in [0.2, 0.25) is 5.02 Å². The SMILES string of the molecule is O=C(NCc1ccc(Cl)cc1)c1ccc(-c2cc(-c3ccccc3)n[nH]2)cc1. The molecule has 28 heavy (non-hydrogen) atoms. The van der Waals surface area contributed by atoms with Crippen molar-refractivity contribution in [2.45, 2.75) is 6.54 Å². The molecule has 138 valence electrons. The molecule has 0 atom stereocenters. The number of hydrogen-bond acceptors (Lipinski definition) is 2. The molecule has 0 bridgehead atoms. The fourth-order valence-electron chi connectivity index (χ4n) is 2.91. The van der Waals surface area contributed by atoms with E-state index < -0.39 is 0 Å². The van der Waals surface area contributed by atoms with Gasteiger partial charge >= 0.3 is 0 Å². The number of amides is 1. The minimum Gasteiger partial charge on any atom is -0.348 e. The summed E-state index contributed by atoms with van der Waals surface area (Å²) in [6.07, 6.45) is 0. The summed E-state index contributed by atoms with van der Waals surface area (Å²) in [5, 5.41) is 11.0. The Hall–Kier alpha value is -3.37. The number of aromatic amines is 1. The second-order valence-corrected chi connectivity index (χ2v) is 6.86. The zero-order valence-corrected chi connectivity index (χ0v) is 15.8. The summed E-state index contributed by atoms with van der Waals surface area (Å²) in [5.74, 6) is -0.115. The quantitative estimate of drug-likeness (QED) is 0.486. The molecule has 0 fully saturated rings. The summed E-state index contributed by atoms with van der Waals surface area (Å²) in [4.78, 5) is 12.4. The first-order valence-electron chi connectivity index (χ1n) is 8.93. The summed E-state index contributed by atoms with van der Waals surface area (Å²) in [5.41, 5.74) is 5.44. The third-order valence-corrected chi connectivity index (χ3v) is 4.72. The Morgan fingerprint density at radius 2 is 1.61 bits per heavy atom. The third-order valence-electron chi connectivity index (χ3n) is 4.47. The largest absolute Gasteiger partial charge is 0.348 e. The highest BCUT2D eigenvalue weighted by Crippen LogP contribution is 2.24. The molecule has 0 saturated heterocycles. The number of nitrogens with one attached hydrogen (secondary N) is 2. The molecule has 0 spiro atoms. The van der Waals surface area contributed by atoms with Crippen molar-refractivity contribution in [2.75, 3.05) is 0 Å². The zero-order chi connectivity index (χ0) is 19.3. The molecule has 0 aliphatic carbocycles. The van der Waals surface area contributed by atoms with Gasteiger partial charge in [-0.05, 0) is 41.5 Å². The van der Waals surface area contributed by atoms with Gasteiger partial charge in [-0.2, -0.15) is 5.10 Å². The van der Waals surface area contributed by atoms with Crippen LogP contribution in [0.4, 0.5) is 0 Å². The van der Waals surface area contributed by atoms with E-state index in [1.165, 1.54) is 0 Å². The number of H-pyrrole nitrogens is 1. The van der Waals surface area contributed by atoms with Gasteiger partial charge in [-0.3, -0.25) is 9.89 Å². The van der Waals surface area contributed by atoms with Gasteiger partial charge in [0.1, 0.15) is 0 Å². The highest BCUT2D eigenvalue weighted by Gasteiger charge is 2.08. The van der Waals surface area contributed by atoms with Gasteiger partial charge in [-0.25, -0.2) is 0 Å². The van der Waals surface area contributed by atoms with Crippen molar-refractivity contribution in [3.8, 4) is 22.5 Å². The summed E-state index contributed by atoms with van der Waals surface area (Å²) < 4.78 is 0. The number of aromatic nitrogens is 2. The van der Waals surface area contributed by atoms with E-state index in [1.807, 2.05) is 84.9 Å². The van der Waals surface area contributed by atoms with Crippen LogP contribution in [-0.2, 0) is 6.54 Å². The number of rotatable bonds is 5. The van der Waals surface area contributed by atoms with Gasteiger partial charge in [-0.1, -0.05) is 66.2 Å². The van der Waals surface area contributed by atoms with Crippen LogP contribution in [0.1, 0.15) is 15.9 Å². The number of hydrogen-bond donors (Lipinski definition) is 2. The maximum Gasteiger partial charge on any atom is 0.251 e. The molecule has 0 radical (unpaired) electrons. The van der Waals surface area contributed by atoms with Crippen molar-refractivity contribution < 1.29 is 4.79 Å². The van der Waals surface area contributed by atoms with E-state index in [2.05, 4.69) is 15.5 Å². The number of nitrogens with zero attached hydrogens (tertiary/aromatic N) is 1. The standard InChI is InChI=1S/C23H18ClN3O/c24-20-12-6-16(7-13-20)15-25-23(28)19-10-8-18(9-11-19)22-14-21(26-27-22)17-4-2-1-3-5-17/h1-14H,15H2,(H,25,28)(H,26,27). The van der Waals surface area contributed by atoms with Crippen LogP contribution in [0.3, 0.4) is 0 Å². The fraction of sp³-hybridized carbons (Fsp3) is 0.0435. The molecule has 0 aliphatic rings. The van der Waals surface area contributed by atoms with Crippen molar-refractivity contribution in [1.29, 1.82) is 0 Å². The minimum atomic E-state index is -0.115. The third kappa shape index (κ3) is 4.13. The van der Waals surface area contributed by atoms with E-state index in [-0.39, 0.29) is 5.91 Å². The van der Waals surface area contributed by atoms with Crippen molar-refractivity contribution in [1.82, 2.24) is 15.5 Å². The summed E-state index contributed by atoms with van der Waals surface area (Å²) in [6, 6.07) is 26.9. The molecule has 1 aromatic heterocycles. The molecule has 2 N–H and O–H groups in total. The second-order valence-electron chi connectivity index (χ2n) is 6.42. The Labute approximate surface area is 168 Å². The van der Waals surface area contributed by atoms with E-state index in [4.69, 9.17) is 11.6 Å². The molecule has 4 rings (SSSR count). The first kappa shape index (κ1) is 18.0. The number of benzene rings is 3. The second kappa shape index (κ2) is 8.11. The van der Waals surface area contributed by atoms with Crippen LogP contribution in [0, 0.1) is 0 Å². The number of halogens is 1. The van der Waals surface area contributed by atoms with Crippen LogP contribution in [0.5, 0.6) is 0 Å². The van der Waals surface area contributed by atoms with Gasteiger partial charge in [0.15, 0.2) is 0 Å². The summed E-state index contributed by atoms with van der Waals surface area (Å²) in [6.45, 7) is 0.457. The van der Waals surface area contributed by atoms with Crippen LogP contribution in [0.25, 0.3) is 22.5 Å². The Morgan fingerprint density at radius 1 is 0.893 bits per heavy atom. The Morgan fingerprint density at radius 3 is 2.32 bits per heavy atom. The van der Waals surface area contributed by atoms with Crippen molar-refractivity contribution in [2.24, 2.45) is 0 Å². The van der Waals surface area contributed by atoms with Crippen LogP contribution < -0.4 is 5.32 Å². The van der Waals surface area contributed by atoms with Crippen LogP contribution >= 0.6 is 11.6 Å². The maximum absolute atomic E-state index is 12.4. The van der Waals surface area contributed by atoms with Gasteiger partial charge in [0.2, 0.25) is 0 Å².